The maximum Gasteiger partial charge on any atom is 0.135 e. The minimum absolute atomic E-state index is 0.154. The number of carbonyl (C=O) groups excluding carboxylic acids is 1. The molecule has 0 radical (unpaired) electrons. The number of carbonyl (C=O) groups is 1. The Bertz CT molecular complexity index is 251. The van der Waals surface area contributed by atoms with Crippen LogP contribution in [0.2, 0.25) is 0 Å². The van der Waals surface area contributed by atoms with Crippen molar-refractivity contribution in [2.24, 2.45) is 0 Å². The molecule has 0 fully saturated rings. The molecule has 1 aromatic heterocycles. The fraction of sp³-hybridized carbons (Fsp3) is 0.333. The number of ketones is 1. The Balaban J connectivity index is 2.74. The van der Waals surface area contributed by atoms with Gasteiger partial charge in [-0.1, -0.05) is 6.07 Å². The van der Waals surface area contributed by atoms with Crippen molar-refractivity contribution in [1.29, 1.82) is 0 Å². The summed E-state index contributed by atoms with van der Waals surface area (Å²) in [6, 6.07) is 3.85. The first-order valence-corrected chi connectivity index (χ1v) is 3.59. The van der Waals surface area contributed by atoms with Crippen LogP contribution in [-0.4, -0.2) is 10.8 Å². The lowest BCUT2D eigenvalue weighted by atomic mass is 10.2. The first-order valence-electron chi connectivity index (χ1n) is 3.59. The molecule has 2 nitrogen and oxygen atoms in total. The Hall–Kier alpha value is -1.18. The number of hydrogen-bond donors (Lipinski definition) is 0. The fourth-order valence-corrected chi connectivity index (χ4v) is 0.858. The van der Waals surface area contributed by atoms with Gasteiger partial charge in [-0.3, -0.25) is 9.78 Å². The van der Waals surface area contributed by atoms with Crippen LogP contribution in [0.5, 0.6) is 0 Å². The highest BCUT2D eigenvalue weighted by Crippen LogP contribution is 1.99. The molecule has 0 spiro atoms. The molecule has 0 aliphatic heterocycles. The molecule has 1 aromatic rings. The summed E-state index contributed by atoms with van der Waals surface area (Å²) >= 11 is 0. The van der Waals surface area contributed by atoms with E-state index >= 15 is 0 Å². The van der Waals surface area contributed by atoms with Crippen molar-refractivity contribution in [3.8, 4) is 0 Å². The zero-order chi connectivity index (χ0) is 8.27. The van der Waals surface area contributed by atoms with Crippen LogP contribution in [0.3, 0.4) is 0 Å². The lowest BCUT2D eigenvalue weighted by molar-refractivity contribution is -0.116. The van der Waals surface area contributed by atoms with E-state index in [0.717, 1.165) is 11.3 Å². The van der Waals surface area contributed by atoms with Crippen LogP contribution in [0.4, 0.5) is 0 Å². The van der Waals surface area contributed by atoms with Crippen LogP contribution < -0.4 is 0 Å². The Morgan fingerprint density at radius 1 is 1.55 bits per heavy atom. The standard InChI is InChI=1S/C9H11NO/c1-7-3-4-9(10-6-7)5-8(2)11/h3-4,6H,5H2,1-2H3. The van der Waals surface area contributed by atoms with Crippen molar-refractivity contribution in [2.75, 3.05) is 0 Å². The predicted molar refractivity (Wildman–Crippen MR) is 43.4 cm³/mol. The molecule has 1 rings (SSSR count). The Morgan fingerprint density at radius 2 is 2.27 bits per heavy atom. The van der Waals surface area contributed by atoms with Crippen LogP contribution in [-0.2, 0) is 11.2 Å². The molecule has 58 valence electrons. The van der Waals surface area contributed by atoms with E-state index in [-0.39, 0.29) is 5.78 Å². The molecule has 0 atom stereocenters. The van der Waals surface area contributed by atoms with Crippen LogP contribution in [0.25, 0.3) is 0 Å². The average Bonchev–Trinajstić information content (AvgIpc) is 1.93. The largest absolute Gasteiger partial charge is 0.300 e. The van der Waals surface area contributed by atoms with E-state index in [0.29, 0.717) is 6.42 Å². The number of hydrogen-bond acceptors (Lipinski definition) is 2. The number of aryl methyl sites for hydroxylation is 1. The van der Waals surface area contributed by atoms with E-state index in [1.807, 2.05) is 19.1 Å². The van der Waals surface area contributed by atoms with Gasteiger partial charge in [0.15, 0.2) is 0 Å². The summed E-state index contributed by atoms with van der Waals surface area (Å²) in [5.74, 6) is 0.154. The summed E-state index contributed by atoms with van der Waals surface area (Å²) in [7, 11) is 0. The van der Waals surface area contributed by atoms with E-state index in [4.69, 9.17) is 0 Å². The molecule has 0 aliphatic carbocycles. The van der Waals surface area contributed by atoms with Gasteiger partial charge >= 0.3 is 0 Å². The Morgan fingerprint density at radius 3 is 2.73 bits per heavy atom. The van der Waals surface area contributed by atoms with Crippen LogP contribution in [0, 0.1) is 6.92 Å². The number of rotatable bonds is 2. The topological polar surface area (TPSA) is 30.0 Å². The predicted octanol–water partition coefficient (Wildman–Crippen LogP) is 1.52. The SMILES string of the molecule is CC(=O)Cc1ccc(C)cn1. The molecule has 0 bridgehead atoms. The zero-order valence-electron chi connectivity index (χ0n) is 6.79. The smallest absolute Gasteiger partial charge is 0.135 e. The molecule has 2 heteroatoms. The highest BCUT2D eigenvalue weighted by molar-refractivity contribution is 5.77. The third-order valence-electron chi connectivity index (χ3n) is 1.40. The maximum atomic E-state index is 10.7. The van der Waals surface area contributed by atoms with Gasteiger partial charge in [0, 0.05) is 18.3 Å². The van der Waals surface area contributed by atoms with Gasteiger partial charge in [0.05, 0.1) is 0 Å². The van der Waals surface area contributed by atoms with Gasteiger partial charge in [-0.15, -0.1) is 0 Å². The lowest BCUT2D eigenvalue weighted by Gasteiger charge is -1.95. The average molecular weight is 149 g/mol. The summed E-state index contributed by atoms with van der Waals surface area (Å²) in [4.78, 5) is 14.8. The third kappa shape index (κ3) is 2.50. The molecule has 0 aliphatic rings. The van der Waals surface area contributed by atoms with Crippen molar-refractivity contribution in [1.82, 2.24) is 4.98 Å². The van der Waals surface area contributed by atoms with E-state index in [1.54, 1.807) is 13.1 Å². The van der Waals surface area contributed by atoms with Gasteiger partial charge in [-0.2, -0.15) is 0 Å². The minimum atomic E-state index is 0.154. The summed E-state index contributed by atoms with van der Waals surface area (Å²) in [6.45, 7) is 3.55. The molecule has 1 heterocycles. The van der Waals surface area contributed by atoms with Crippen LogP contribution >= 0.6 is 0 Å². The summed E-state index contributed by atoms with van der Waals surface area (Å²) < 4.78 is 0. The van der Waals surface area contributed by atoms with E-state index in [1.165, 1.54) is 0 Å². The van der Waals surface area contributed by atoms with Gasteiger partial charge < -0.3 is 0 Å². The third-order valence-corrected chi connectivity index (χ3v) is 1.40. The molecule has 0 amide bonds. The summed E-state index contributed by atoms with van der Waals surface area (Å²) in [5, 5.41) is 0. The van der Waals surface area contributed by atoms with Gasteiger partial charge in [0.2, 0.25) is 0 Å². The molecule has 0 N–H and O–H groups in total. The zero-order valence-corrected chi connectivity index (χ0v) is 6.79. The normalized spacial score (nSPS) is 9.64. The number of aromatic nitrogens is 1. The Kier molecular flexibility index (Phi) is 2.36. The summed E-state index contributed by atoms with van der Waals surface area (Å²) in [5.41, 5.74) is 1.97. The van der Waals surface area contributed by atoms with E-state index < -0.39 is 0 Å². The minimum Gasteiger partial charge on any atom is -0.300 e. The molecule has 0 saturated carbocycles. The highest BCUT2D eigenvalue weighted by atomic mass is 16.1. The van der Waals surface area contributed by atoms with E-state index in [2.05, 4.69) is 4.98 Å². The number of pyridine rings is 1. The first-order chi connectivity index (χ1) is 5.18. The second-order valence-corrected chi connectivity index (χ2v) is 2.71. The van der Waals surface area contributed by atoms with Gasteiger partial charge in [-0.25, -0.2) is 0 Å². The first kappa shape index (κ1) is 7.92. The number of nitrogens with zero attached hydrogens (tertiary/aromatic N) is 1. The lowest BCUT2D eigenvalue weighted by Crippen LogP contribution is -1.98. The van der Waals surface area contributed by atoms with Crippen molar-refractivity contribution in [3.63, 3.8) is 0 Å². The van der Waals surface area contributed by atoms with Crippen LogP contribution in [0.1, 0.15) is 18.2 Å². The second-order valence-electron chi connectivity index (χ2n) is 2.71. The van der Waals surface area contributed by atoms with Gasteiger partial charge in [0.1, 0.15) is 5.78 Å². The van der Waals surface area contributed by atoms with Crippen molar-refractivity contribution < 1.29 is 4.79 Å². The van der Waals surface area contributed by atoms with E-state index in [9.17, 15) is 4.79 Å². The Labute approximate surface area is 66.3 Å². The molecule has 0 unspecified atom stereocenters. The molecule has 0 aromatic carbocycles. The molecular weight excluding hydrogens is 138 g/mol. The molecule has 0 saturated heterocycles. The fourth-order valence-electron chi connectivity index (χ4n) is 0.858. The van der Waals surface area contributed by atoms with Crippen molar-refractivity contribution in [2.45, 2.75) is 20.3 Å². The monoisotopic (exact) mass is 149 g/mol. The maximum absolute atomic E-state index is 10.7. The molecular formula is C9H11NO. The van der Waals surface area contributed by atoms with Crippen molar-refractivity contribution >= 4 is 5.78 Å². The quantitative estimate of drug-likeness (QED) is 0.638. The second kappa shape index (κ2) is 3.28. The van der Waals surface area contributed by atoms with Gasteiger partial charge in [-0.05, 0) is 25.5 Å². The van der Waals surface area contributed by atoms with Crippen LogP contribution in [0.15, 0.2) is 18.3 Å². The highest BCUT2D eigenvalue weighted by Gasteiger charge is 1.96. The summed E-state index contributed by atoms with van der Waals surface area (Å²) in [6.07, 6.45) is 2.22. The molecule has 11 heavy (non-hydrogen) atoms. The number of Topliss-reactive ketones (excluding diaryl/α,β-unsaturated/α-hetero) is 1. The van der Waals surface area contributed by atoms with Gasteiger partial charge in [0.25, 0.3) is 0 Å². The van der Waals surface area contributed by atoms with Crippen molar-refractivity contribution in [3.05, 3.63) is 29.6 Å².